The number of benzene rings is 4. The van der Waals surface area contributed by atoms with E-state index in [0.29, 0.717) is 34.0 Å². The summed E-state index contributed by atoms with van der Waals surface area (Å²) in [7, 11) is 3.04. The summed E-state index contributed by atoms with van der Waals surface area (Å²) in [6.07, 6.45) is -4.96. The Morgan fingerprint density at radius 3 is 2.04 bits per heavy atom. The van der Waals surface area contributed by atoms with Crippen molar-refractivity contribution in [3.8, 4) is 28.7 Å². The van der Waals surface area contributed by atoms with Crippen LogP contribution in [0.5, 0.6) is 11.5 Å². The Kier molecular flexibility index (Phi) is 9.32. The van der Waals surface area contributed by atoms with Gasteiger partial charge >= 0.3 is 12.2 Å². The fraction of sp³-hybridized carbons (Fsp3) is 0.205. The van der Waals surface area contributed by atoms with Crippen LogP contribution in [-0.4, -0.2) is 37.5 Å². The second-order valence-corrected chi connectivity index (χ2v) is 12.1. The Morgan fingerprint density at radius 1 is 0.860 bits per heavy atom. The zero-order valence-electron chi connectivity index (χ0n) is 27.5. The first-order valence-electron chi connectivity index (χ1n) is 15.7. The monoisotopic (exact) mass is 681 g/mol. The van der Waals surface area contributed by atoms with E-state index in [9.17, 15) is 18.4 Å². The molecule has 6 rings (SSSR count). The summed E-state index contributed by atoms with van der Waals surface area (Å²) in [5.41, 5.74) is 1.26. The summed E-state index contributed by atoms with van der Waals surface area (Å²) in [6.45, 7) is 1.58. The highest BCUT2D eigenvalue weighted by molar-refractivity contribution is 5.94. The van der Waals surface area contributed by atoms with Crippen molar-refractivity contribution >= 4 is 17.4 Å². The number of halogens is 4. The number of methoxy groups -OCH3 is 2. The van der Waals surface area contributed by atoms with E-state index >= 15 is 4.39 Å². The van der Waals surface area contributed by atoms with Gasteiger partial charge in [0.05, 0.1) is 25.3 Å². The molecule has 0 aliphatic carbocycles. The Morgan fingerprint density at radius 2 is 1.48 bits per heavy atom. The number of alkyl halides is 3. The molecular formula is C39H33F4N4O3+. The Hall–Kier alpha value is -5.73. The average molecular weight is 682 g/mol. The lowest BCUT2D eigenvalue weighted by atomic mass is 9.84. The Labute approximate surface area is 287 Å². The van der Waals surface area contributed by atoms with Crippen molar-refractivity contribution in [3.63, 3.8) is 0 Å². The number of amidine groups is 1. The van der Waals surface area contributed by atoms with Crippen LogP contribution in [-0.2, 0) is 16.8 Å². The van der Waals surface area contributed by atoms with E-state index in [2.05, 4.69) is 4.98 Å². The number of nitriles is 1. The third-order valence-electron chi connectivity index (χ3n) is 8.90. The highest BCUT2D eigenvalue weighted by atomic mass is 19.4. The highest BCUT2D eigenvalue weighted by Crippen LogP contribution is 2.47. The van der Waals surface area contributed by atoms with Crippen molar-refractivity contribution in [1.29, 1.82) is 5.26 Å². The minimum atomic E-state index is -4.83. The summed E-state index contributed by atoms with van der Waals surface area (Å²) >= 11 is 0. The zero-order valence-corrected chi connectivity index (χ0v) is 27.5. The van der Waals surface area contributed by atoms with E-state index in [4.69, 9.17) is 19.2 Å². The first kappa shape index (κ1) is 34.1. The van der Waals surface area contributed by atoms with Crippen molar-refractivity contribution in [2.75, 3.05) is 14.2 Å². The standard InChI is InChI=1S/C39H33F4N4O3/c1-38(34-20-28(9-18-35(34)40)29-19-27(22-44)23-45-24-29)21-36(39(41,42)43)50-37(46-38)47(25-26-7-5-4-6-8-26,30-10-14-32(48-2)15-11-30)31-12-16-33(49-3)17-13-31/h4-20,23-24,36H,21,25H2,1-3H3/q+1/t36-,38-/m0/s1. The summed E-state index contributed by atoms with van der Waals surface area (Å²) in [6, 6.07) is 30.6. The number of pyridine rings is 1. The predicted octanol–water partition coefficient (Wildman–Crippen LogP) is 9.24. The van der Waals surface area contributed by atoms with Crippen LogP contribution in [0.25, 0.3) is 11.1 Å². The summed E-state index contributed by atoms with van der Waals surface area (Å²) in [4.78, 5) is 9.08. The summed E-state index contributed by atoms with van der Waals surface area (Å²) in [5.74, 6) is 0.348. The average Bonchev–Trinajstić information content (AvgIpc) is 3.14. The molecule has 2 heterocycles. The number of hydrogen-bond donors (Lipinski definition) is 0. The van der Waals surface area contributed by atoms with Crippen molar-refractivity contribution < 1.29 is 31.8 Å². The largest absolute Gasteiger partial charge is 0.497 e. The van der Waals surface area contributed by atoms with Gasteiger partial charge in [0.25, 0.3) is 0 Å². The number of aliphatic imine (C=N–C) groups is 1. The molecule has 0 N–H and O–H groups in total. The molecule has 2 atom stereocenters. The first-order chi connectivity index (χ1) is 24.0. The molecule has 7 nitrogen and oxygen atoms in total. The van der Waals surface area contributed by atoms with Gasteiger partial charge in [0.1, 0.15) is 41.3 Å². The summed E-state index contributed by atoms with van der Waals surface area (Å²) < 4.78 is 77.3. The van der Waals surface area contributed by atoms with Crippen LogP contribution in [0, 0.1) is 17.1 Å². The molecule has 254 valence electrons. The number of ether oxygens (including phenoxy) is 3. The molecule has 1 aromatic heterocycles. The van der Waals surface area contributed by atoms with Gasteiger partial charge < -0.3 is 14.2 Å². The number of rotatable bonds is 8. The van der Waals surface area contributed by atoms with E-state index in [1.807, 2.05) is 36.4 Å². The van der Waals surface area contributed by atoms with Crippen LogP contribution in [0.4, 0.5) is 28.9 Å². The molecule has 5 aromatic rings. The molecular weight excluding hydrogens is 648 g/mol. The van der Waals surface area contributed by atoms with Crippen LogP contribution in [0.1, 0.15) is 30.0 Å². The highest BCUT2D eigenvalue weighted by Gasteiger charge is 2.56. The minimum Gasteiger partial charge on any atom is -0.497 e. The van der Waals surface area contributed by atoms with Crippen LogP contribution < -0.4 is 14.0 Å². The van der Waals surface area contributed by atoms with E-state index in [0.717, 1.165) is 5.56 Å². The number of nitrogens with zero attached hydrogens (tertiary/aromatic N) is 4. The maximum Gasteiger partial charge on any atom is 0.425 e. The van der Waals surface area contributed by atoms with Crippen LogP contribution in [0.2, 0.25) is 0 Å². The molecule has 0 saturated heterocycles. The van der Waals surface area contributed by atoms with Gasteiger partial charge in [-0.25, -0.2) is 4.39 Å². The van der Waals surface area contributed by atoms with Gasteiger partial charge in [0, 0.05) is 59.8 Å². The van der Waals surface area contributed by atoms with Gasteiger partial charge in [0.15, 0.2) is 0 Å². The van der Waals surface area contributed by atoms with E-state index < -0.39 is 34.5 Å². The molecule has 11 heteroatoms. The fourth-order valence-corrected chi connectivity index (χ4v) is 6.27. The zero-order chi connectivity index (χ0) is 35.5. The second-order valence-electron chi connectivity index (χ2n) is 12.1. The first-order valence-corrected chi connectivity index (χ1v) is 15.7. The van der Waals surface area contributed by atoms with Crippen LogP contribution in [0.15, 0.2) is 121 Å². The summed E-state index contributed by atoms with van der Waals surface area (Å²) in [5, 5.41) is 9.41. The topological polar surface area (TPSA) is 76.7 Å². The fourth-order valence-electron chi connectivity index (χ4n) is 6.27. The molecule has 1 aliphatic rings. The van der Waals surface area contributed by atoms with Crippen LogP contribution in [0.3, 0.4) is 0 Å². The maximum absolute atomic E-state index is 16.0. The lowest BCUT2D eigenvalue weighted by molar-refractivity contribution is -0.210. The van der Waals surface area contributed by atoms with Gasteiger partial charge in [-0.2, -0.15) is 27.9 Å². The molecule has 4 aromatic carbocycles. The quantitative estimate of drug-likeness (QED) is 0.121. The maximum atomic E-state index is 16.0. The molecule has 0 saturated carbocycles. The number of quaternary nitrogens is 1. The SMILES string of the molecule is COc1ccc([N+](Cc2ccccc2)(C2=N[C@](C)(c3cc(-c4cncc(C#N)c4)ccc3F)C[C@@H](C(F)(F)F)O2)c2ccc(OC)cc2)cc1. The second kappa shape index (κ2) is 13.6. The lowest BCUT2D eigenvalue weighted by Gasteiger charge is -2.43. The van der Waals surface area contributed by atoms with Gasteiger partial charge in [-0.05, 0) is 55.0 Å². The third-order valence-corrected chi connectivity index (χ3v) is 8.90. The van der Waals surface area contributed by atoms with E-state index in [1.165, 1.54) is 51.7 Å². The molecule has 0 unspecified atom stereocenters. The van der Waals surface area contributed by atoms with Crippen molar-refractivity contribution in [2.24, 2.45) is 4.99 Å². The van der Waals surface area contributed by atoms with Gasteiger partial charge in [0.2, 0.25) is 6.10 Å². The van der Waals surface area contributed by atoms with Gasteiger partial charge in [-0.15, -0.1) is 0 Å². The van der Waals surface area contributed by atoms with Crippen molar-refractivity contribution in [3.05, 3.63) is 138 Å². The minimum absolute atomic E-state index is 0.0605. The molecule has 50 heavy (non-hydrogen) atoms. The number of hydrogen-bond acceptors (Lipinski definition) is 6. The van der Waals surface area contributed by atoms with Gasteiger partial charge in [-0.1, -0.05) is 36.4 Å². The van der Waals surface area contributed by atoms with E-state index in [-0.39, 0.29) is 23.7 Å². The normalized spacial score (nSPS) is 17.6. The Bertz CT molecular complexity index is 2000. The van der Waals surface area contributed by atoms with Crippen molar-refractivity contribution in [1.82, 2.24) is 9.47 Å². The Balaban J connectivity index is 1.64. The molecule has 0 radical (unpaired) electrons. The molecule has 0 spiro atoms. The smallest absolute Gasteiger partial charge is 0.425 e. The number of aromatic nitrogens is 1. The lowest BCUT2D eigenvalue weighted by Crippen LogP contribution is -2.56. The van der Waals surface area contributed by atoms with E-state index in [1.54, 1.807) is 54.6 Å². The van der Waals surface area contributed by atoms with Gasteiger partial charge in [-0.3, -0.25) is 4.98 Å². The molecule has 0 bridgehead atoms. The van der Waals surface area contributed by atoms with Crippen molar-refractivity contribution in [2.45, 2.75) is 37.7 Å². The molecule has 1 aliphatic heterocycles. The predicted molar refractivity (Wildman–Crippen MR) is 182 cm³/mol. The molecule has 0 amide bonds. The van der Waals surface area contributed by atoms with Crippen LogP contribution >= 0.6 is 0 Å². The third kappa shape index (κ3) is 6.62. The molecule has 0 fully saturated rings.